The first-order chi connectivity index (χ1) is 7.04. The third-order valence-electron chi connectivity index (χ3n) is 1.83. The van der Waals surface area contributed by atoms with Gasteiger partial charge in [-0.05, 0) is 12.1 Å². The molecule has 1 unspecified atom stereocenters. The van der Waals surface area contributed by atoms with Gasteiger partial charge in [0.2, 0.25) is 0 Å². The first kappa shape index (κ1) is 12.0. The maximum Gasteiger partial charge on any atom is 0.145 e. The summed E-state index contributed by atoms with van der Waals surface area (Å²) in [4.78, 5) is 10.9. The van der Waals surface area contributed by atoms with Gasteiger partial charge in [-0.2, -0.15) is 0 Å². The Morgan fingerprint density at radius 2 is 2.07 bits per heavy atom. The van der Waals surface area contributed by atoms with Crippen molar-refractivity contribution < 1.29 is 17.8 Å². The highest BCUT2D eigenvalue weighted by atomic mass is 32.2. The predicted octanol–water partition coefficient (Wildman–Crippen LogP) is 2.05. The molecule has 0 radical (unpaired) electrons. The van der Waals surface area contributed by atoms with Crippen LogP contribution in [0, 0.1) is 11.6 Å². The van der Waals surface area contributed by atoms with Crippen LogP contribution in [0.2, 0.25) is 0 Å². The number of hydrogen-bond donors (Lipinski definition) is 0. The third-order valence-corrected chi connectivity index (χ3v) is 3.23. The van der Waals surface area contributed by atoms with E-state index in [9.17, 15) is 17.8 Å². The van der Waals surface area contributed by atoms with Gasteiger partial charge < -0.3 is 0 Å². The lowest BCUT2D eigenvalue weighted by Crippen LogP contribution is -2.10. The lowest BCUT2D eigenvalue weighted by Gasteiger charge is -2.02. The highest BCUT2D eigenvalue weighted by molar-refractivity contribution is 7.85. The number of carbonyl (C=O) groups is 1. The Bertz CT molecular complexity index is 404. The van der Waals surface area contributed by atoms with Crippen molar-refractivity contribution in [2.45, 2.75) is 18.2 Å². The maximum absolute atomic E-state index is 13.1. The van der Waals surface area contributed by atoms with Crippen molar-refractivity contribution in [3.05, 3.63) is 29.8 Å². The summed E-state index contributed by atoms with van der Waals surface area (Å²) in [6.45, 7) is 1.64. The summed E-state index contributed by atoms with van der Waals surface area (Å²) in [5.41, 5.74) is 0. The smallest absolute Gasteiger partial charge is 0.145 e. The van der Waals surface area contributed by atoms with Crippen LogP contribution in [0.1, 0.15) is 13.3 Å². The molecule has 2 nitrogen and oxygen atoms in total. The van der Waals surface area contributed by atoms with Gasteiger partial charge in [-0.3, -0.25) is 9.00 Å². The van der Waals surface area contributed by atoms with Crippen molar-refractivity contribution >= 4 is 16.6 Å². The van der Waals surface area contributed by atoms with Crippen LogP contribution < -0.4 is 0 Å². The summed E-state index contributed by atoms with van der Waals surface area (Å²) < 4.78 is 37.1. The fraction of sp³-hybridized carbons (Fsp3) is 0.300. The van der Waals surface area contributed by atoms with E-state index in [4.69, 9.17) is 0 Å². The summed E-state index contributed by atoms with van der Waals surface area (Å²) >= 11 is 0. The van der Waals surface area contributed by atoms with Crippen LogP contribution in [0.25, 0.3) is 0 Å². The molecule has 0 spiro atoms. The van der Waals surface area contributed by atoms with Crippen LogP contribution in [0.15, 0.2) is 23.1 Å². The second-order valence-electron chi connectivity index (χ2n) is 2.96. The summed E-state index contributed by atoms with van der Waals surface area (Å²) in [5.74, 6) is -2.04. The van der Waals surface area contributed by atoms with Crippen LogP contribution in [0.5, 0.6) is 0 Å². The molecule has 0 aromatic heterocycles. The zero-order valence-corrected chi connectivity index (χ0v) is 8.94. The number of hydrogen-bond acceptors (Lipinski definition) is 2. The molecule has 82 valence electrons. The molecule has 1 aromatic rings. The zero-order chi connectivity index (χ0) is 11.4. The molecule has 0 heterocycles. The lowest BCUT2D eigenvalue weighted by molar-refractivity contribution is -0.116. The molecule has 0 aliphatic rings. The second-order valence-corrected chi connectivity index (χ2v) is 4.38. The Balaban J connectivity index is 2.87. The molecule has 0 aliphatic heterocycles. The monoisotopic (exact) mass is 232 g/mol. The third kappa shape index (κ3) is 3.20. The maximum atomic E-state index is 13.1. The molecule has 5 heteroatoms. The SMILES string of the molecule is CCC(=O)CS(=O)c1ccc(F)cc1F. The minimum atomic E-state index is -1.72. The summed E-state index contributed by atoms with van der Waals surface area (Å²) in [7, 11) is -1.72. The molecule has 0 aliphatic carbocycles. The molecule has 0 bridgehead atoms. The molecule has 15 heavy (non-hydrogen) atoms. The number of benzene rings is 1. The van der Waals surface area contributed by atoms with E-state index in [0.717, 1.165) is 12.1 Å². The van der Waals surface area contributed by atoms with E-state index in [-0.39, 0.29) is 22.9 Å². The van der Waals surface area contributed by atoms with E-state index in [1.54, 1.807) is 6.92 Å². The highest BCUT2D eigenvalue weighted by Gasteiger charge is 2.13. The minimum absolute atomic E-state index is 0.127. The standard InChI is InChI=1S/C10H10F2O2S/c1-2-8(13)6-15(14)10-4-3-7(11)5-9(10)12/h3-5H,2,6H2,1H3. The van der Waals surface area contributed by atoms with Crippen molar-refractivity contribution in [1.29, 1.82) is 0 Å². The van der Waals surface area contributed by atoms with Crippen molar-refractivity contribution in [1.82, 2.24) is 0 Å². The Hall–Kier alpha value is -1.10. The first-order valence-corrected chi connectivity index (χ1v) is 5.71. The molecule has 0 fully saturated rings. The van der Waals surface area contributed by atoms with Crippen molar-refractivity contribution in [2.75, 3.05) is 5.75 Å². The summed E-state index contributed by atoms with van der Waals surface area (Å²) in [5, 5.41) is 0. The Morgan fingerprint density at radius 1 is 1.40 bits per heavy atom. The van der Waals surface area contributed by atoms with Gasteiger partial charge in [0.25, 0.3) is 0 Å². The molecule has 1 aromatic carbocycles. The highest BCUT2D eigenvalue weighted by Crippen LogP contribution is 2.14. The van der Waals surface area contributed by atoms with E-state index in [0.29, 0.717) is 6.07 Å². The number of rotatable bonds is 4. The molecule has 1 rings (SSSR count). The lowest BCUT2D eigenvalue weighted by atomic mass is 10.3. The summed E-state index contributed by atoms with van der Waals surface area (Å²) in [6.07, 6.45) is 0.258. The largest absolute Gasteiger partial charge is 0.299 e. The fourth-order valence-corrected chi connectivity index (χ4v) is 2.13. The normalized spacial score (nSPS) is 12.5. The Morgan fingerprint density at radius 3 is 2.60 bits per heavy atom. The zero-order valence-electron chi connectivity index (χ0n) is 8.13. The molecule has 0 saturated heterocycles. The van der Waals surface area contributed by atoms with Crippen LogP contribution >= 0.6 is 0 Å². The van der Waals surface area contributed by atoms with Crippen molar-refractivity contribution in [2.24, 2.45) is 0 Å². The van der Waals surface area contributed by atoms with Gasteiger partial charge in [-0.15, -0.1) is 0 Å². The van der Waals surface area contributed by atoms with Gasteiger partial charge in [0.1, 0.15) is 17.4 Å². The van der Waals surface area contributed by atoms with E-state index in [1.165, 1.54) is 0 Å². The number of ketones is 1. The van der Waals surface area contributed by atoms with Gasteiger partial charge >= 0.3 is 0 Å². The van der Waals surface area contributed by atoms with Gasteiger partial charge in [0.15, 0.2) is 0 Å². The topological polar surface area (TPSA) is 34.1 Å². The van der Waals surface area contributed by atoms with Crippen molar-refractivity contribution in [3.8, 4) is 0 Å². The number of halogens is 2. The predicted molar refractivity (Wildman–Crippen MR) is 52.9 cm³/mol. The average Bonchev–Trinajstić information content (AvgIpc) is 2.17. The van der Waals surface area contributed by atoms with Gasteiger partial charge in [-0.25, -0.2) is 8.78 Å². The Labute approximate surface area is 88.8 Å². The van der Waals surface area contributed by atoms with E-state index < -0.39 is 22.4 Å². The van der Waals surface area contributed by atoms with Crippen LogP contribution in [-0.4, -0.2) is 15.7 Å². The Kier molecular flexibility index (Phi) is 4.08. The summed E-state index contributed by atoms with van der Waals surface area (Å²) in [6, 6.07) is 2.78. The fourth-order valence-electron chi connectivity index (χ4n) is 0.986. The van der Waals surface area contributed by atoms with Gasteiger partial charge in [-0.1, -0.05) is 6.92 Å². The van der Waals surface area contributed by atoms with Crippen molar-refractivity contribution in [3.63, 3.8) is 0 Å². The van der Waals surface area contributed by atoms with E-state index in [1.807, 2.05) is 0 Å². The number of carbonyl (C=O) groups excluding carboxylic acids is 1. The molecule has 0 amide bonds. The average molecular weight is 232 g/mol. The second kappa shape index (κ2) is 5.11. The molecule has 0 N–H and O–H groups in total. The van der Waals surface area contributed by atoms with Gasteiger partial charge in [0.05, 0.1) is 21.4 Å². The quantitative estimate of drug-likeness (QED) is 0.796. The molecular weight excluding hydrogens is 222 g/mol. The van der Waals surface area contributed by atoms with Crippen LogP contribution in [0.3, 0.4) is 0 Å². The van der Waals surface area contributed by atoms with E-state index in [2.05, 4.69) is 0 Å². The molecular formula is C10H10F2O2S. The van der Waals surface area contributed by atoms with E-state index >= 15 is 0 Å². The van der Waals surface area contributed by atoms with Crippen LogP contribution in [-0.2, 0) is 15.6 Å². The molecule has 1 atom stereocenters. The van der Waals surface area contributed by atoms with Gasteiger partial charge in [0, 0.05) is 12.5 Å². The number of Topliss-reactive ketones (excluding diaryl/α,β-unsaturated/α-hetero) is 1. The van der Waals surface area contributed by atoms with Crippen LogP contribution in [0.4, 0.5) is 8.78 Å². The molecule has 0 saturated carbocycles. The minimum Gasteiger partial charge on any atom is -0.299 e. The first-order valence-electron chi connectivity index (χ1n) is 4.39.